The maximum atomic E-state index is 12.5. The molecule has 1 amide bonds. The molecule has 7 heteroatoms. The summed E-state index contributed by atoms with van der Waals surface area (Å²) in [5, 5.41) is 3.88. The topological polar surface area (TPSA) is 79.5 Å². The van der Waals surface area contributed by atoms with Gasteiger partial charge >= 0.3 is 0 Å². The first-order valence-electron chi connectivity index (χ1n) is 11.8. The molecule has 0 radical (unpaired) electrons. The summed E-state index contributed by atoms with van der Waals surface area (Å²) < 4.78 is 10.6. The van der Waals surface area contributed by atoms with Crippen LogP contribution in [0.3, 0.4) is 0 Å². The second-order valence-corrected chi connectivity index (χ2v) is 8.86. The van der Waals surface area contributed by atoms with E-state index in [4.69, 9.17) is 9.47 Å². The summed E-state index contributed by atoms with van der Waals surface area (Å²) in [7, 11) is 7.35. The lowest BCUT2D eigenvalue weighted by atomic mass is 10.0. The number of ether oxygens (including phenoxy) is 2. The minimum absolute atomic E-state index is 0.183. The molecule has 186 valence electrons. The van der Waals surface area contributed by atoms with Crippen LogP contribution in [0.1, 0.15) is 16.7 Å². The van der Waals surface area contributed by atoms with E-state index in [1.165, 1.54) is 11.6 Å². The number of benzene rings is 2. The molecule has 0 aliphatic heterocycles. The number of nitrogens with zero attached hydrogens (tertiary/aromatic N) is 2. The predicted octanol–water partition coefficient (Wildman–Crippen LogP) is 4.68. The van der Waals surface area contributed by atoms with Crippen molar-refractivity contribution in [2.75, 3.05) is 34.9 Å². The molecule has 0 unspecified atom stereocenters. The van der Waals surface area contributed by atoms with Gasteiger partial charge in [0.1, 0.15) is 5.65 Å². The van der Waals surface area contributed by atoms with Gasteiger partial charge in [-0.25, -0.2) is 4.98 Å². The van der Waals surface area contributed by atoms with E-state index in [9.17, 15) is 4.79 Å². The third kappa shape index (κ3) is 6.12. The number of H-pyrrole nitrogens is 1. The van der Waals surface area contributed by atoms with Crippen molar-refractivity contribution >= 4 is 23.0 Å². The largest absolute Gasteiger partial charge is 0.493 e. The normalized spacial score (nSPS) is 11.4. The Morgan fingerprint density at radius 3 is 2.64 bits per heavy atom. The number of rotatable bonds is 10. The van der Waals surface area contributed by atoms with Crippen LogP contribution in [-0.4, -0.2) is 55.6 Å². The van der Waals surface area contributed by atoms with E-state index < -0.39 is 0 Å². The van der Waals surface area contributed by atoms with Gasteiger partial charge in [-0.1, -0.05) is 30.3 Å². The van der Waals surface area contributed by atoms with Crippen molar-refractivity contribution in [1.29, 1.82) is 0 Å². The number of pyridine rings is 1. The summed E-state index contributed by atoms with van der Waals surface area (Å²) in [4.78, 5) is 22.4. The van der Waals surface area contributed by atoms with Crippen LogP contribution in [0.4, 0.5) is 0 Å². The number of hydrogen-bond donors (Lipinski definition) is 2. The first-order chi connectivity index (χ1) is 17.5. The number of methoxy groups -OCH3 is 2. The summed E-state index contributed by atoms with van der Waals surface area (Å²) in [5.74, 6) is 1.10. The second-order valence-electron chi connectivity index (χ2n) is 8.86. The molecule has 0 saturated carbocycles. The van der Waals surface area contributed by atoms with Gasteiger partial charge in [0.05, 0.1) is 14.2 Å². The number of carbonyl (C=O) groups is 1. The van der Waals surface area contributed by atoms with Gasteiger partial charge in [-0.3, -0.25) is 4.79 Å². The molecular weight excluding hydrogens is 452 g/mol. The van der Waals surface area contributed by atoms with Crippen LogP contribution < -0.4 is 14.8 Å². The fourth-order valence-electron chi connectivity index (χ4n) is 3.98. The van der Waals surface area contributed by atoms with Crippen LogP contribution in [-0.2, 0) is 17.8 Å². The highest BCUT2D eigenvalue weighted by molar-refractivity contribution is 5.96. The predicted molar refractivity (Wildman–Crippen MR) is 144 cm³/mol. The zero-order valence-corrected chi connectivity index (χ0v) is 21.2. The van der Waals surface area contributed by atoms with Gasteiger partial charge in [0.25, 0.3) is 0 Å². The Morgan fingerprint density at radius 1 is 1.03 bits per heavy atom. The van der Waals surface area contributed by atoms with Crippen molar-refractivity contribution in [2.24, 2.45) is 0 Å². The molecule has 7 nitrogen and oxygen atoms in total. The smallest absolute Gasteiger partial charge is 0.244 e. The van der Waals surface area contributed by atoms with Crippen LogP contribution in [0.15, 0.2) is 67.0 Å². The lowest BCUT2D eigenvalue weighted by Crippen LogP contribution is -2.20. The molecule has 36 heavy (non-hydrogen) atoms. The van der Waals surface area contributed by atoms with Gasteiger partial charge in [-0.05, 0) is 61.5 Å². The summed E-state index contributed by atoms with van der Waals surface area (Å²) in [6.45, 7) is 1.38. The van der Waals surface area contributed by atoms with Gasteiger partial charge in [0.15, 0.2) is 11.5 Å². The summed E-state index contributed by atoms with van der Waals surface area (Å²) in [6, 6.07) is 16.3. The van der Waals surface area contributed by atoms with E-state index in [1.54, 1.807) is 14.2 Å². The molecule has 2 aromatic carbocycles. The van der Waals surface area contributed by atoms with Crippen molar-refractivity contribution in [3.05, 3.63) is 83.7 Å². The number of fused-ring (bicyclic) bond motifs is 1. The SMILES string of the molecule is COc1ccc(CNC(=O)/C=C/c2c[nH]c3ncc(-c4cccc(CCN(C)C)c4)cc23)cc1OC. The third-order valence-corrected chi connectivity index (χ3v) is 6.00. The Hall–Kier alpha value is -4.10. The molecule has 0 spiro atoms. The molecule has 4 aromatic rings. The Balaban J connectivity index is 1.46. The van der Waals surface area contributed by atoms with Crippen molar-refractivity contribution in [2.45, 2.75) is 13.0 Å². The molecule has 0 aliphatic rings. The first-order valence-corrected chi connectivity index (χ1v) is 11.8. The zero-order chi connectivity index (χ0) is 25.5. The molecule has 2 heterocycles. The summed E-state index contributed by atoms with van der Waals surface area (Å²) in [6.07, 6.45) is 8.09. The van der Waals surface area contributed by atoms with Gasteiger partial charge in [-0.2, -0.15) is 0 Å². The number of nitrogens with one attached hydrogen (secondary N) is 2. The van der Waals surface area contributed by atoms with Crippen LogP contribution in [0.2, 0.25) is 0 Å². The van der Waals surface area contributed by atoms with Crippen LogP contribution in [0.5, 0.6) is 11.5 Å². The standard InChI is InChI=1S/C29H32N4O3/c1-33(2)13-12-20-6-5-7-22(14-20)24-16-25-23(18-31-29(25)32-19-24)9-11-28(34)30-17-21-8-10-26(35-3)27(15-21)36-4/h5-11,14-16,18-19H,12-13,17H2,1-4H3,(H,30,34)(H,31,32)/b11-9+. The monoisotopic (exact) mass is 484 g/mol. The van der Waals surface area contributed by atoms with E-state index in [-0.39, 0.29) is 5.91 Å². The number of hydrogen-bond acceptors (Lipinski definition) is 5. The van der Waals surface area contributed by atoms with Crippen molar-refractivity contribution in [3.63, 3.8) is 0 Å². The molecule has 0 fully saturated rings. The van der Waals surface area contributed by atoms with Crippen molar-refractivity contribution in [3.8, 4) is 22.6 Å². The summed E-state index contributed by atoms with van der Waals surface area (Å²) in [5.41, 5.74) is 6.08. The molecule has 0 aliphatic carbocycles. The Labute approximate surface area is 211 Å². The highest BCUT2D eigenvalue weighted by atomic mass is 16.5. The molecule has 4 rings (SSSR count). The Morgan fingerprint density at radius 2 is 1.86 bits per heavy atom. The number of carbonyl (C=O) groups excluding carboxylic acids is 1. The fourth-order valence-corrected chi connectivity index (χ4v) is 3.98. The highest BCUT2D eigenvalue weighted by Crippen LogP contribution is 2.28. The number of aromatic amines is 1. The van der Waals surface area contributed by atoms with Crippen LogP contribution in [0.25, 0.3) is 28.2 Å². The molecule has 2 aromatic heterocycles. The lowest BCUT2D eigenvalue weighted by molar-refractivity contribution is -0.116. The minimum Gasteiger partial charge on any atom is -0.493 e. The summed E-state index contributed by atoms with van der Waals surface area (Å²) >= 11 is 0. The van der Waals surface area contributed by atoms with Crippen molar-refractivity contribution < 1.29 is 14.3 Å². The number of amides is 1. The zero-order valence-electron chi connectivity index (χ0n) is 21.2. The molecule has 0 bridgehead atoms. The molecule has 0 saturated heterocycles. The fraction of sp³-hybridized carbons (Fsp3) is 0.241. The maximum Gasteiger partial charge on any atom is 0.244 e. The van der Waals surface area contributed by atoms with E-state index in [0.29, 0.717) is 18.0 Å². The van der Waals surface area contributed by atoms with Gasteiger partial charge in [0.2, 0.25) is 5.91 Å². The van der Waals surface area contributed by atoms with Crippen LogP contribution >= 0.6 is 0 Å². The molecule has 2 N–H and O–H groups in total. The third-order valence-electron chi connectivity index (χ3n) is 6.00. The maximum absolute atomic E-state index is 12.5. The number of likely N-dealkylation sites (N-methyl/N-ethyl adjacent to an activating group) is 1. The minimum atomic E-state index is -0.183. The van der Waals surface area contributed by atoms with E-state index in [1.807, 2.05) is 36.7 Å². The quantitative estimate of drug-likeness (QED) is 0.320. The highest BCUT2D eigenvalue weighted by Gasteiger charge is 2.08. The Kier molecular flexibility index (Phi) is 8.02. The second kappa shape index (κ2) is 11.6. The van der Waals surface area contributed by atoms with E-state index in [0.717, 1.165) is 46.3 Å². The average Bonchev–Trinajstić information content (AvgIpc) is 3.31. The first kappa shape index (κ1) is 25.0. The van der Waals surface area contributed by atoms with Gasteiger partial charge < -0.3 is 24.7 Å². The van der Waals surface area contributed by atoms with Crippen molar-refractivity contribution in [1.82, 2.24) is 20.2 Å². The Bertz CT molecular complexity index is 1370. The lowest BCUT2D eigenvalue weighted by Gasteiger charge is -2.10. The van der Waals surface area contributed by atoms with E-state index >= 15 is 0 Å². The van der Waals surface area contributed by atoms with E-state index in [2.05, 4.69) is 64.6 Å². The molecular formula is C29H32N4O3. The number of aromatic nitrogens is 2. The average molecular weight is 485 g/mol. The molecule has 0 atom stereocenters. The van der Waals surface area contributed by atoms with Gasteiger partial charge in [-0.15, -0.1) is 0 Å². The van der Waals surface area contributed by atoms with Crippen LogP contribution in [0, 0.1) is 0 Å². The van der Waals surface area contributed by atoms with Gasteiger partial charge in [0, 0.05) is 48.1 Å².